The third-order valence-corrected chi connectivity index (χ3v) is 1.25. The molecule has 0 aromatic heterocycles. The first-order valence-corrected chi connectivity index (χ1v) is 5.35. The summed E-state index contributed by atoms with van der Waals surface area (Å²) >= 11 is 0. The van der Waals surface area contributed by atoms with Gasteiger partial charge in [-0.25, -0.2) is 0 Å². The number of allylic oxidation sites excluding steroid dienone is 3. The highest BCUT2D eigenvalue weighted by Gasteiger charge is 1.96. The zero-order valence-corrected chi connectivity index (χ0v) is 11.0. The highest BCUT2D eigenvalue weighted by molar-refractivity contribution is 5.75. The summed E-state index contributed by atoms with van der Waals surface area (Å²) in [5, 5.41) is 2.63. The van der Waals surface area contributed by atoms with Gasteiger partial charge >= 0.3 is 0 Å². The summed E-state index contributed by atoms with van der Waals surface area (Å²) in [6.45, 7) is 18.5. The van der Waals surface area contributed by atoms with E-state index in [1.54, 1.807) is 12.2 Å². The number of nitrogens with one attached hydrogen (secondary N) is 1. The largest absolute Gasteiger partial charge is 0.326 e. The fourth-order valence-corrected chi connectivity index (χ4v) is 0.610. The first-order chi connectivity index (χ1) is 7.11. The molecule has 0 spiro atoms. The molecule has 0 atom stereocenters. The minimum Gasteiger partial charge on any atom is -0.326 e. The number of hydrogen-bond donors (Lipinski definition) is 1. The van der Waals surface area contributed by atoms with Gasteiger partial charge in [0.15, 0.2) is 0 Å². The van der Waals surface area contributed by atoms with E-state index in [0.29, 0.717) is 5.70 Å². The zero-order chi connectivity index (χ0) is 12.9. The fraction of sp³-hybridized carbons (Fsp3) is 0.462. The fourth-order valence-electron chi connectivity index (χ4n) is 0.610. The Balaban J connectivity index is -0.000000318. The van der Waals surface area contributed by atoms with Crippen LogP contribution in [0.4, 0.5) is 0 Å². The highest BCUT2D eigenvalue weighted by atomic mass is 16.1. The molecular weight excluding hydrogens is 186 g/mol. The van der Waals surface area contributed by atoms with Crippen molar-refractivity contribution in [3.8, 4) is 0 Å². The summed E-state index contributed by atoms with van der Waals surface area (Å²) in [6.07, 6.45) is 3.27. The Labute approximate surface area is 94.8 Å². The van der Waals surface area contributed by atoms with Crippen molar-refractivity contribution in [1.29, 1.82) is 0 Å². The van der Waals surface area contributed by atoms with Crippen molar-refractivity contribution in [3.63, 3.8) is 0 Å². The van der Waals surface area contributed by atoms with Crippen LogP contribution in [0.3, 0.4) is 0 Å². The van der Waals surface area contributed by atoms with Gasteiger partial charge in [-0.2, -0.15) is 0 Å². The molecule has 0 bridgehead atoms. The predicted octanol–water partition coefficient (Wildman–Crippen LogP) is 3.82. The molecule has 15 heavy (non-hydrogen) atoms. The van der Waals surface area contributed by atoms with Crippen LogP contribution in [-0.2, 0) is 4.79 Å². The molecule has 0 saturated heterocycles. The third kappa shape index (κ3) is 12.7. The molecule has 1 amide bonds. The Kier molecular flexibility index (Phi) is 19.5. The van der Waals surface area contributed by atoms with E-state index in [4.69, 9.17) is 0 Å². The van der Waals surface area contributed by atoms with E-state index in [0.717, 1.165) is 5.57 Å². The van der Waals surface area contributed by atoms with Crippen molar-refractivity contribution in [3.05, 3.63) is 36.6 Å². The van der Waals surface area contributed by atoms with Crippen molar-refractivity contribution in [2.45, 2.75) is 41.5 Å². The van der Waals surface area contributed by atoms with E-state index in [2.05, 4.69) is 18.5 Å². The zero-order valence-electron chi connectivity index (χ0n) is 11.0. The smallest absolute Gasteiger partial charge is 0.221 e. The van der Waals surface area contributed by atoms with Crippen molar-refractivity contribution in [2.24, 2.45) is 0 Å². The molecule has 2 nitrogen and oxygen atoms in total. The van der Waals surface area contributed by atoms with Crippen molar-refractivity contribution < 1.29 is 4.79 Å². The lowest BCUT2D eigenvalue weighted by atomic mass is 10.2. The average molecular weight is 211 g/mol. The molecule has 0 aliphatic rings. The summed E-state index contributed by atoms with van der Waals surface area (Å²) in [7, 11) is 0. The van der Waals surface area contributed by atoms with Crippen LogP contribution >= 0.6 is 0 Å². The van der Waals surface area contributed by atoms with Gasteiger partial charge in [-0.05, 0) is 18.6 Å². The van der Waals surface area contributed by atoms with Gasteiger partial charge in [0, 0.05) is 12.6 Å². The van der Waals surface area contributed by atoms with E-state index in [1.807, 2.05) is 34.6 Å². The van der Waals surface area contributed by atoms with Gasteiger partial charge in [-0.1, -0.05) is 46.9 Å². The molecule has 2 heteroatoms. The number of hydrogen-bond acceptors (Lipinski definition) is 1. The minimum absolute atomic E-state index is 0.0962. The topological polar surface area (TPSA) is 29.1 Å². The second-order valence-corrected chi connectivity index (χ2v) is 2.19. The lowest BCUT2D eigenvalue weighted by molar-refractivity contribution is -0.118. The molecule has 0 saturated carbocycles. The second kappa shape index (κ2) is 15.2. The van der Waals surface area contributed by atoms with Crippen molar-refractivity contribution in [2.75, 3.05) is 0 Å². The van der Waals surface area contributed by atoms with Gasteiger partial charge < -0.3 is 5.32 Å². The van der Waals surface area contributed by atoms with Gasteiger partial charge in [0.25, 0.3) is 0 Å². The van der Waals surface area contributed by atoms with Gasteiger partial charge in [0.1, 0.15) is 0 Å². The molecule has 88 valence electrons. The summed E-state index contributed by atoms with van der Waals surface area (Å²) in [6, 6.07) is 0. The first-order valence-electron chi connectivity index (χ1n) is 5.35. The molecule has 0 radical (unpaired) electrons. The number of amides is 1. The first kappa shape index (κ1) is 19.3. The van der Waals surface area contributed by atoms with Gasteiger partial charge in [-0.3, -0.25) is 4.79 Å². The van der Waals surface area contributed by atoms with E-state index < -0.39 is 0 Å². The standard InChI is InChI=1S/C9H13NO.2C2H6/c1-5-7(3)9(6-2)10-8(4)11;2*1-2/h5-6H,1-2H2,3-4H3,(H,10,11);2*1-2H3/b9-7+;;. The summed E-state index contributed by atoms with van der Waals surface area (Å²) in [5.41, 5.74) is 1.63. The predicted molar refractivity (Wildman–Crippen MR) is 69.6 cm³/mol. The molecule has 1 N–H and O–H groups in total. The molecular formula is C13H25NO. The lowest BCUT2D eigenvalue weighted by Gasteiger charge is -2.04. The molecule has 0 fully saturated rings. The number of carbonyl (C=O) groups excluding carboxylic acids is 1. The molecule has 0 aliphatic heterocycles. The van der Waals surface area contributed by atoms with Crippen LogP contribution in [0.25, 0.3) is 0 Å². The molecule has 0 unspecified atom stereocenters. The van der Waals surface area contributed by atoms with Gasteiger partial charge in [0.2, 0.25) is 5.91 Å². The van der Waals surface area contributed by atoms with Crippen LogP contribution in [0.1, 0.15) is 41.5 Å². The van der Waals surface area contributed by atoms with Gasteiger partial charge in [0.05, 0.1) is 0 Å². The number of carbonyl (C=O) groups is 1. The summed E-state index contributed by atoms with van der Waals surface area (Å²) in [4.78, 5) is 10.6. The van der Waals surface area contributed by atoms with Gasteiger partial charge in [-0.15, -0.1) is 0 Å². The van der Waals surface area contributed by atoms with Crippen LogP contribution in [0.2, 0.25) is 0 Å². The maximum absolute atomic E-state index is 10.6. The number of rotatable bonds is 3. The molecule has 0 aromatic carbocycles. The van der Waals surface area contributed by atoms with E-state index in [1.165, 1.54) is 6.92 Å². The Morgan fingerprint density at radius 2 is 1.40 bits per heavy atom. The summed E-state index contributed by atoms with van der Waals surface area (Å²) in [5.74, 6) is -0.0962. The van der Waals surface area contributed by atoms with Crippen molar-refractivity contribution >= 4 is 5.91 Å². The lowest BCUT2D eigenvalue weighted by Crippen LogP contribution is -2.18. The Bertz CT molecular complexity index is 215. The maximum atomic E-state index is 10.6. The Morgan fingerprint density at radius 3 is 1.60 bits per heavy atom. The molecule has 0 aliphatic carbocycles. The van der Waals surface area contributed by atoms with Crippen LogP contribution in [-0.4, -0.2) is 5.91 Å². The monoisotopic (exact) mass is 211 g/mol. The average Bonchev–Trinajstić information content (AvgIpc) is 2.30. The van der Waals surface area contributed by atoms with E-state index >= 15 is 0 Å². The summed E-state index contributed by atoms with van der Waals surface area (Å²) < 4.78 is 0. The normalized spacial score (nSPS) is 9.20. The minimum atomic E-state index is -0.0962. The maximum Gasteiger partial charge on any atom is 0.221 e. The Hall–Kier alpha value is -1.31. The Morgan fingerprint density at radius 1 is 1.00 bits per heavy atom. The third-order valence-electron chi connectivity index (χ3n) is 1.25. The molecule has 0 aromatic rings. The SMILES string of the molecule is C=C/C(C)=C(\C=C)NC(C)=O.CC.CC. The second-order valence-electron chi connectivity index (χ2n) is 2.19. The van der Waals surface area contributed by atoms with E-state index in [9.17, 15) is 4.79 Å². The van der Waals surface area contributed by atoms with Crippen molar-refractivity contribution in [1.82, 2.24) is 5.32 Å². The van der Waals surface area contributed by atoms with E-state index in [-0.39, 0.29) is 5.91 Å². The quantitative estimate of drug-likeness (QED) is 0.706. The van der Waals surface area contributed by atoms with Crippen LogP contribution in [0.15, 0.2) is 36.6 Å². The highest BCUT2D eigenvalue weighted by Crippen LogP contribution is 2.01. The molecule has 0 heterocycles. The van der Waals surface area contributed by atoms with Crippen LogP contribution in [0.5, 0.6) is 0 Å². The van der Waals surface area contributed by atoms with Crippen LogP contribution < -0.4 is 5.32 Å². The molecule has 0 rings (SSSR count). The van der Waals surface area contributed by atoms with Crippen LogP contribution in [0, 0.1) is 0 Å².